The van der Waals surface area contributed by atoms with Gasteiger partial charge in [-0.1, -0.05) is 36.8 Å². The number of aromatic nitrogens is 1. The van der Waals surface area contributed by atoms with Crippen LogP contribution in [0.2, 0.25) is 0 Å². The smallest absolute Gasteiger partial charge is 0.335 e. The second kappa shape index (κ2) is 10.2. The van der Waals surface area contributed by atoms with Crippen LogP contribution < -0.4 is 10.6 Å². The molecular weight excluding hydrogens is 597 g/mol. The number of benzene rings is 2. The number of fused-ring (bicyclic) bond motifs is 2. The van der Waals surface area contributed by atoms with Crippen LogP contribution in [0.3, 0.4) is 0 Å². The Kier molecular flexibility index (Phi) is 7.17. The summed E-state index contributed by atoms with van der Waals surface area (Å²) in [6, 6.07) is 14.4. The van der Waals surface area contributed by atoms with Crippen LogP contribution in [-0.2, 0) is 18.1 Å². The van der Waals surface area contributed by atoms with Gasteiger partial charge in [0.05, 0.1) is 11.3 Å². The molecule has 4 nitrogen and oxygen atoms in total. The highest BCUT2D eigenvalue weighted by atomic mass is 127. The van der Waals surface area contributed by atoms with Crippen molar-refractivity contribution in [2.75, 3.05) is 0 Å². The van der Waals surface area contributed by atoms with Crippen molar-refractivity contribution in [1.82, 2.24) is 15.6 Å². The van der Waals surface area contributed by atoms with Gasteiger partial charge in [-0.3, -0.25) is 4.98 Å². The monoisotopic (exact) mass is 623 g/mol. The predicted octanol–water partition coefficient (Wildman–Crippen LogP) is 6.82. The maximum Gasteiger partial charge on any atom is 0.416 e. The maximum atomic E-state index is 14.7. The molecule has 2 fully saturated rings. The minimum atomic E-state index is -4.76. The summed E-state index contributed by atoms with van der Waals surface area (Å²) < 4.78 is 56.8. The van der Waals surface area contributed by atoms with E-state index in [1.807, 2.05) is 30.3 Å². The van der Waals surface area contributed by atoms with Crippen LogP contribution in [0.5, 0.6) is 0 Å². The van der Waals surface area contributed by atoms with Gasteiger partial charge in [0.25, 0.3) is 0 Å². The Bertz CT molecular complexity index is 1270. The first-order chi connectivity index (χ1) is 17.6. The van der Waals surface area contributed by atoms with Crippen molar-refractivity contribution >= 4 is 28.6 Å². The third-order valence-corrected chi connectivity index (χ3v) is 8.21. The molecular formula is C28H26F4IN3O. The molecule has 3 aromatic rings. The second-order valence-corrected chi connectivity index (χ2v) is 11.3. The first-order valence-electron chi connectivity index (χ1n) is 12.3. The number of alkyl halides is 3. The summed E-state index contributed by atoms with van der Waals surface area (Å²) in [6.45, 7) is 0. The fourth-order valence-electron chi connectivity index (χ4n) is 5.87. The molecule has 0 aliphatic heterocycles. The minimum absolute atomic E-state index is 0.0103. The second-order valence-electron chi connectivity index (χ2n) is 10.0. The molecule has 2 aliphatic rings. The lowest BCUT2D eigenvalue weighted by Gasteiger charge is -2.36. The molecule has 1 heterocycles. The molecule has 2 saturated carbocycles. The van der Waals surface area contributed by atoms with Crippen LogP contribution in [0.4, 0.5) is 22.4 Å². The molecule has 5 rings (SSSR count). The Morgan fingerprint density at radius 3 is 2.38 bits per heavy atom. The Balaban J connectivity index is 1.62. The third-order valence-electron chi connectivity index (χ3n) is 7.58. The lowest BCUT2D eigenvalue weighted by Crippen LogP contribution is -2.55. The van der Waals surface area contributed by atoms with Gasteiger partial charge in [-0.15, -0.1) is 0 Å². The molecule has 0 radical (unpaired) electrons. The number of amides is 2. The summed E-state index contributed by atoms with van der Waals surface area (Å²) in [5, 5.41) is 6.04. The largest absolute Gasteiger partial charge is 0.416 e. The maximum absolute atomic E-state index is 14.7. The van der Waals surface area contributed by atoms with Crippen molar-refractivity contribution in [2.24, 2.45) is 11.8 Å². The van der Waals surface area contributed by atoms with Gasteiger partial charge >= 0.3 is 12.2 Å². The van der Waals surface area contributed by atoms with E-state index in [9.17, 15) is 22.4 Å². The zero-order valence-electron chi connectivity index (χ0n) is 19.9. The van der Waals surface area contributed by atoms with E-state index in [1.54, 1.807) is 18.3 Å². The number of rotatable bonds is 6. The van der Waals surface area contributed by atoms with Crippen molar-refractivity contribution in [1.29, 1.82) is 0 Å². The molecule has 2 aromatic carbocycles. The van der Waals surface area contributed by atoms with Crippen molar-refractivity contribution in [3.63, 3.8) is 0 Å². The van der Waals surface area contributed by atoms with E-state index in [0.29, 0.717) is 23.6 Å². The average Bonchev–Trinajstić information content (AvgIpc) is 3.47. The van der Waals surface area contributed by atoms with Crippen LogP contribution in [0.15, 0.2) is 66.9 Å². The minimum Gasteiger partial charge on any atom is -0.335 e. The van der Waals surface area contributed by atoms with Crippen LogP contribution in [0.25, 0.3) is 0 Å². The van der Waals surface area contributed by atoms with Gasteiger partial charge in [0.2, 0.25) is 0 Å². The van der Waals surface area contributed by atoms with Gasteiger partial charge < -0.3 is 10.6 Å². The van der Waals surface area contributed by atoms with Gasteiger partial charge in [0, 0.05) is 22.2 Å². The number of urea groups is 1. The zero-order valence-corrected chi connectivity index (χ0v) is 22.0. The van der Waals surface area contributed by atoms with Gasteiger partial charge in [-0.2, -0.15) is 13.2 Å². The molecule has 2 N–H and O–H groups in total. The Morgan fingerprint density at radius 1 is 1.00 bits per heavy atom. The summed E-state index contributed by atoms with van der Waals surface area (Å²) in [5.74, 6) is -0.0374. The van der Waals surface area contributed by atoms with Crippen LogP contribution >= 0.6 is 22.6 Å². The fraction of sp³-hybridized carbons (Fsp3) is 0.357. The topological polar surface area (TPSA) is 54.0 Å². The molecule has 1 aromatic heterocycles. The number of nitrogens with one attached hydrogen (secondary N) is 2. The van der Waals surface area contributed by atoms with E-state index < -0.39 is 29.1 Å². The summed E-state index contributed by atoms with van der Waals surface area (Å²) in [4.78, 5) is 18.0. The number of pyridine rings is 1. The number of carbonyl (C=O) groups excluding carboxylic acids is 1. The van der Waals surface area contributed by atoms with Crippen molar-refractivity contribution in [3.8, 4) is 0 Å². The molecule has 194 valence electrons. The average molecular weight is 623 g/mol. The summed E-state index contributed by atoms with van der Waals surface area (Å²) in [7, 11) is 0. The molecule has 0 saturated heterocycles. The van der Waals surface area contributed by atoms with Crippen LogP contribution in [0.1, 0.15) is 48.1 Å². The molecule has 0 spiro atoms. The number of hydrogen-bond acceptors (Lipinski definition) is 2. The quantitative estimate of drug-likeness (QED) is 0.234. The Hall–Kier alpha value is -2.69. The first kappa shape index (κ1) is 25.9. The number of nitrogens with zero attached hydrogens (tertiary/aromatic N) is 1. The highest BCUT2D eigenvalue weighted by Gasteiger charge is 2.43. The Labute approximate surface area is 226 Å². The van der Waals surface area contributed by atoms with E-state index in [4.69, 9.17) is 0 Å². The molecule has 9 heteroatoms. The fourth-order valence-corrected chi connectivity index (χ4v) is 6.19. The predicted molar refractivity (Wildman–Crippen MR) is 140 cm³/mol. The summed E-state index contributed by atoms with van der Waals surface area (Å²) >= 11 is 2.08. The highest BCUT2D eigenvalue weighted by molar-refractivity contribution is 14.1. The van der Waals surface area contributed by atoms with Gasteiger partial charge in [0.1, 0.15) is 11.4 Å². The van der Waals surface area contributed by atoms with Gasteiger partial charge in [0.15, 0.2) is 0 Å². The standard InChI is InChI=1S/C28H26F4IN3O/c29-22-13-20(12-21(14-22)28(30,31)32)27(15-17-4-2-1-3-5-17,25-9-8-23(33)16-34-25)36-26(37)35-24-11-18-6-7-19(24)10-18/h1-5,8-9,12-14,16,18-19,24H,6-7,10-11,15H2,(H2,35,36,37)/t18-,19+,24+,27+/m1/s1. The van der Waals surface area contributed by atoms with E-state index in [-0.39, 0.29) is 18.0 Å². The SMILES string of the molecule is O=C(N[C@H]1C[C@@H]2CC[C@H]1C2)N[C@@](Cc1ccccc1)(c1cc(F)cc(C(F)(F)F)c1)c1ccc(I)cn1. The van der Waals surface area contributed by atoms with E-state index >= 15 is 0 Å². The van der Waals surface area contributed by atoms with Crippen LogP contribution in [-0.4, -0.2) is 17.1 Å². The normalized spacial score (nSPS) is 22.5. The Morgan fingerprint density at radius 2 is 1.76 bits per heavy atom. The van der Waals surface area contributed by atoms with Gasteiger partial charge in [-0.05, 0) is 95.1 Å². The number of carbonyl (C=O) groups is 1. The molecule has 2 aliphatic carbocycles. The third kappa shape index (κ3) is 5.61. The molecule has 37 heavy (non-hydrogen) atoms. The first-order valence-corrected chi connectivity index (χ1v) is 13.3. The molecule has 2 amide bonds. The van der Waals surface area contributed by atoms with Crippen molar-refractivity contribution in [2.45, 2.75) is 49.9 Å². The van der Waals surface area contributed by atoms with E-state index in [2.05, 4.69) is 38.2 Å². The van der Waals surface area contributed by atoms with Crippen LogP contribution in [0, 0.1) is 21.2 Å². The van der Waals surface area contributed by atoms with E-state index in [0.717, 1.165) is 40.5 Å². The number of halogens is 5. The summed E-state index contributed by atoms with van der Waals surface area (Å²) in [6.07, 6.45) is 1.09. The van der Waals surface area contributed by atoms with Crippen molar-refractivity contribution < 1.29 is 22.4 Å². The van der Waals surface area contributed by atoms with Gasteiger partial charge in [-0.25, -0.2) is 9.18 Å². The molecule has 2 bridgehead atoms. The summed E-state index contributed by atoms with van der Waals surface area (Å²) in [5.41, 5.74) is -1.64. The number of hydrogen-bond donors (Lipinski definition) is 2. The lowest BCUT2D eigenvalue weighted by atomic mass is 9.79. The molecule has 4 atom stereocenters. The zero-order chi connectivity index (χ0) is 26.2. The highest BCUT2D eigenvalue weighted by Crippen LogP contribution is 2.44. The van der Waals surface area contributed by atoms with E-state index in [1.165, 1.54) is 6.42 Å². The van der Waals surface area contributed by atoms with Crippen molar-refractivity contribution in [3.05, 3.63) is 98.6 Å². The lowest BCUT2D eigenvalue weighted by molar-refractivity contribution is -0.137. The molecule has 0 unspecified atom stereocenters.